The molecule has 7 nitrogen and oxygen atoms in total. The average Bonchev–Trinajstić information content (AvgIpc) is 2.63. The van der Waals surface area contributed by atoms with Crippen molar-refractivity contribution in [1.29, 1.82) is 0 Å². The minimum absolute atomic E-state index is 0.140. The van der Waals surface area contributed by atoms with Crippen LogP contribution in [0.25, 0.3) is 5.65 Å². The van der Waals surface area contributed by atoms with E-state index in [0.29, 0.717) is 11.2 Å². The quantitative estimate of drug-likeness (QED) is 0.703. The molecule has 0 fully saturated rings. The number of aromatic nitrogens is 3. The van der Waals surface area contributed by atoms with Gasteiger partial charge in [0.1, 0.15) is 0 Å². The number of hydrogen-bond acceptors (Lipinski definition) is 3. The molecular weight excluding hydrogens is 234 g/mol. The van der Waals surface area contributed by atoms with Crippen molar-refractivity contribution >= 4 is 11.7 Å². The Hall–Kier alpha value is -2.31. The molecule has 0 unspecified atom stereocenters. The van der Waals surface area contributed by atoms with Crippen molar-refractivity contribution < 1.29 is 4.79 Å². The van der Waals surface area contributed by atoms with Crippen molar-refractivity contribution in [2.45, 2.75) is 20.4 Å². The Labute approximate surface area is 103 Å². The molecule has 0 radical (unpaired) electrons. The number of aryl methyl sites for hydroxylation is 2. The summed E-state index contributed by atoms with van der Waals surface area (Å²) in [6.45, 7) is 3.88. The predicted octanol–water partition coefficient (Wildman–Crippen LogP) is 0.0684. The van der Waals surface area contributed by atoms with Gasteiger partial charge >= 0.3 is 6.03 Å². The Morgan fingerprint density at radius 1 is 1.50 bits per heavy atom. The van der Waals surface area contributed by atoms with E-state index in [2.05, 4.69) is 20.7 Å². The molecule has 2 aromatic heterocycles. The van der Waals surface area contributed by atoms with Crippen LogP contribution in [0.1, 0.15) is 17.0 Å². The summed E-state index contributed by atoms with van der Waals surface area (Å²) < 4.78 is 1.62. The third kappa shape index (κ3) is 2.06. The molecule has 0 aliphatic carbocycles. The van der Waals surface area contributed by atoms with Crippen LogP contribution in [-0.2, 0) is 6.54 Å². The fourth-order valence-corrected chi connectivity index (χ4v) is 1.81. The molecule has 2 heterocycles. The normalized spacial score (nSPS) is 10.6. The standard InChI is InChI=1S/C11H15N5O2/c1-6-4-7(2)16-9(14-6)8(10(17)15-16)5-13-11(18)12-3/h4H,5H2,1-3H3,(H,15,17)(H2,12,13,18). The van der Waals surface area contributed by atoms with Gasteiger partial charge in [0, 0.05) is 18.4 Å². The van der Waals surface area contributed by atoms with Gasteiger partial charge in [-0.25, -0.2) is 14.3 Å². The van der Waals surface area contributed by atoms with Crippen LogP contribution in [-0.4, -0.2) is 27.7 Å². The highest BCUT2D eigenvalue weighted by Crippen LogP contribution is 2.08. The van der Waals surface area contributed by atoms with Gasteiger partial charge in [0.15, 0.2) is 5.65 Å². The van der Waals surface area contributed by atoms with Crippen molar-refractivity contribution in [3.8, 4) is 0 Å². The second kappa shape index (κ2) is 4.52. The first-order chi connectivity index (χ1) is 8.52. The lowest BCUT2D eigenvalue weighted by molar-refractivity contribution is 0.242. The summed E-state index contributed by atoms with van der Waals surface area (Å²) in [7, 11) is 1.52. The van der Waals surface area contributed by atoms with Crippen molar-refractivity contribution in [3.05, 3.63) is 33.4 Å². The Morgan fingerprint density at radius 2 is 2.22 bits per heavy atom. The van der Waals surface area contributed by atoms with Crippen LogP contribution in [0.3, 0.4) is 0 Å². The topological polar surface area (TPSA) is 91.3 Å². The van der Waals surface area contributed by atoms with E-state index in [0.717, 1.165) is 11.4 Å². The summed E-state index contributed by atoms with van der Waals surface area (Å²) in [4.78, 5) is 27.3. The summed E-state index contributed by atoms with van der Waals surface area (Å²) in [6, 6.07) is 1.54. The molecule has 7 heteroatoms. The minimum Gasteiger partial charge on any atom is -0.341 e. The van der Waals surface area contributed by atoms with E-state index in [4.69, 9.17) is 0 Å². The molecular formula is C11H15N5O2. The minimum atomic E-state index is -0.335. The molecule has 2 rings (SSSR count). The summed E-state index contributed by atoms with van der Waals surface area (Å²) >= 11 is 0. The zero-order valence-electron chi connectivity index (χ0n) is 10.5. The highest BCUT2D eigenvalue weighted by atomic mass is 16.2. The lowest BCUT2D eigenvalue weighted by Crippen LogP contribution is -2.33. The molecule has 0 aromatic carbocycles. The number of H-pyrrole nitrogens is 1. The molecule has 2 aromatic rings. The molecule has 0 atom stereocenters. The van der Waals surface area contributed by atoms with Gasteiger partial charge in [-0.1, -0.05) is 0 Å². The number of hydrogen-bond donors (Lipinski definition) is 3. The lowest BCUT2D eigenvalue weighted by atomic mass is 10.3. The van der Waals surface area contributed by atoms with E-state index < -0.39 is 0 Å². The predicted molar refractivity (Wildman–Crippen MR) is 66.6 cm³/mol. The van der Waals surface area contributed by atoms with E-state index in [-0.39, 0.29) is 18.1 Å². The number of nitrogens with one attached hydrogen (secondary N) is 3. The molecule has 0 aliphatic heterocycles. The van der Waals surface area contributed by atoms with E-state index in [9.17, 15) is 9.59 Å². The highest BCUT2D eigenvalue weighted by Gasteiger charge is 2.12. The molecule has 0 aliphatic rings. The molecule has 0 saturated carbocycles. The molecule has 0 saturated heterocycles. The van der Waals surface area contributed by atoms with Gasteiger partial charge in [-0.3, -0.25) is 9.89 Å². The number of nitrogens with zero attached hydrogens (tertiary/aromatic N) is 2. The second-order valence-electron chi connectivity index (χ2n) is 4.05. The maximum absolute atomic E-state index is 11.8. The zero-order valence-corrected chi connectivity index (χ0v) is 10.5. The number of aromatic amines is 1. The number of carbonyl (C=O) groups excluding carboxylic acids is 1. The van der Waals surface area contributed by atoms with Crippen LogP contribution in [0.15, 0.2) is 10.9 Å². The van der Waals surface area contributed by atoms with Gasteiger partial charge in [-0.05, 0) is 19.9 Å². The van der Waals surface area contributed by atoms with Crippen LogP contribution in [0.5, 0.6) is 0 Å². The number of amides is 2. The zero-order chi connectivity index (χ0) is 13.3. The number of carbonyl (C=O) groups is 1. The third-order valence-electron chi connectivity index (χ3n) is 2.67. The van der Waals surface area contributed by atoms with E-state index >= 15 is 0 Å². The van der Waals surface area contributed by atoms with Gasteiger partial charge in [-0.2, -0.15) is 0 Å². The van der Waals surface area contributed by atoms with Gasteiger partial charge in [0.2, 0.25) is 0 Å². The maximum Gasteiger partial charge on any atom is 0.314 e. The summed E-state index contributed by atoms with van der Waals surface area (Å²) in [5, 5.41) is 7.70. The first kappa shape index (κ1) is 12.2. The number of urea groups is 1. The van der Waals surface area contributed by atoms with E-state index in [1.54, 1.807) is 4.52 Å². The first-order valence-corrected chi connectivity index (χ1v) is 5.56. The van der Waals surface area contributed by atoms with E-state index in [1.165, 1.54) is 7.05 Å². The Morgan fingerprint density at radius 3 is 2.89 bits per heavy atom. The van der Waals surface area contributed by atoms with Crippen LogP contribution in [0, 0.1) is 13.8 Å². The number of rotatable bonds is 2. The largest absolute Gasteiger partial charge is 0.341 e. The SMILES string of the molecule is CNC(=O)NCc1c(=O)[nH]n2c(C)cc(C)nc12. The molecule has 2 amide bonds. The maximum atomic E-state index is 11.8. The van der Waals surface area contributed by atoms with Crippen molar-refractivity contribution in [2.75, 3.05) is 7.05 Å². The summed E-state index contributed by atoms with van der Waals surface area (Å²) in [5.41, 5.74) is 2.47. The Balaban J connectivity index is 2.47. The average molecular weight is 249 g/mol. The number of fused-ring (bicyclic) bond motifs is 1. The Kier molecular flexibility index (Phi) is 3.05. The van der Waals surface area contributed by atoms with Crippen molar-refractivity contribution in [3.63, 3.8) is 0 Å². The van der Waals surface area contributed by atoms with Gasteiger partial charge in [0.25, 0.3) is 5.56 Å². The molecule has 3 N–H and O–H groups in total. The van der Waals surface area contributed by atoms with Crippen molar-refractivity contribution in [2.24, 2.45) is 0 Å². The van der Waals surface area contributed by atoms with Gasteiger partial charge < -0.3 is 10.6 Å². The lowest BCUT2D eigenvalue weighted by Gasteiger charge is -2.04. The first-order valence-electron chi connectivity index (χ1n) is 5.56. The third-order valence-corrected chi connectivity index (χ3v) is 2.67. The molecule has 0 bridgehead atoms. The molecule has 96 valence electrons. The highest BCUT2D eigenvalue weighted by molar-refractivity contribution is 5.73. The summed E-state index contributed by atoms with van der Waals surface area (Å²) in [6.07, 6.45) is 0. The van der Waals surface area contributed by atoms with Crippen molar-refractivity contribution in [1.82, 2.24) is 25.2 Å². The fraction of sp³-hybridized carbons (Fsp3) is 0.364. The smallest absolute Gasteiger partial charge is 0.314 e. The van der Waals surface area contributed by atoms with Gasteiger partial charge in [0.05, 0.1) is 12.1 Å². The van der Waals surface area contributed by atoms with Crippen LogP contribution < -0.4 is 16.2 Å². The van der Waals surface area contributed by atoms with E-state index in [1.807, 2.05) is 19.9 Å². The van der Waals surface area contributed by atoms with Gasteiger partial charge in [-0.15, -0.1) is 0 Å². The summed E-state index contributed by atoms with van der Waals surface area (Å²) in [5.74, 6) is 0. The monoisotopic (exact) mass is 249 g/mol. The molecule has 0 spiro atoms. The fourth-order valence-electron chi connectivity index (χ4n) is 1.81. The van der Waals surface area contributed by atoms with Crippen LogP contribution in [0.4, 0.5) is 4.79 Å². The second-order valence-corrected chi connectivity index (χ2v) is 4.05. The Bertz CT molecular complexity index is 655. The molecule has 18 heavy (non-hydrogen) atoms. The van der Waals surface area contributed by atoms with Crippen LogP contribution in [0.2, 0.25) is 0 Å². The van der Waals surface area contributed by atoms with Crippen LogP contribution >= 0.6 is 0 Å².